The maximum Gasteiger partial charge on any atom is 0.330 e. The van der Waals surface area contributed by atoms with Gasteiger partial charge in [0.05, 0.1) is 6.61 Å². The molecule has 2 heteroatoms. The minimum Gasteiger partial charge on any atom is -0.463 e. The molecule has 0 fully saturated rings. The Morgan fingerprint density at radius 3 is 2.60 bits per heavy atom. The Balaban J connectivity index is 2.06. The minimum absolute atomic E-state index is 0.267. The molecule has 20 heavy (non-hydrogen) atoms. The Morgan fingerprint density at radius 2 is 1.95 bits per heavy atom. The fourth-order valence-corrected chi connectivity index (χ4v) is 2.43. The van der Waals surface area contributed by atoms with Gasteiger partial charge < -0.3 is 4.74 Å². The SMILES string of the molecule is CCOC(=O)/C=C/C[C@@H](c1ccccc1)C1C=CC=C1. The van der Waals surface area contributed by atoms with Crippen molar-refractivity contribution in [3.63, 3.8) is 0 Å². The maximum absolute atomic E-state index is 11.3. The second-order valence-corrected chi connectivity index (χ2v) is 4.75. The predicted molar refractivity (Wildman–Crippen MR) is 81.3 cm³/mol. The first-order chi connectivity index (χ1) is 9.81. The van der Waals surface area contributed by atoms with Crippen LogP contribution < -0.4 is 0 Å². The number of hydrogen-bond donors (Lipinski definition) is 0. The molecule has 1 aliphatic rings. The summed E-state index contributed by atoms with van der Waals surface area (Å²) in [5.74, 6) is 0.484. The predicted octanol–water partition coefficient (Wildman–Crippen LogP) is 4.02. The quantitative estimate of drug-likeness (QED) is 0.575. The molecule has 1 aliphatic carbocycles. The van der Waals surface area contributed by atoms with E-state index in [2.05, 4.69) is 48.6 Å². The van der Waals surface area contributed by atoms with Gasteiger partial charge in [-0.05, 0) is 24.8 Å². The summed E-state index contributed by atoms with van der Waals surface area (Å²) in [5.41, 5.74) is 1.29. The molecular weight excluding hydrogens is 248 g/mol. The first-order valence-corrected chi connectivity index (χ1v) is 7.04. The van der Waals surface area contributed by atoms with E-state index in [4.69, 9.17) is 4.74 Å². The molecule has 0 bridgehead atoms. The van der Waals surface area contributed by atoms with Gasteiger partial charge in [-0.3, -0.25) is 0 Å². The van der Waals surface area contributed by atoms with Gasteiger partial charge in [-0.25, -0.2) is 4.79 Å². The van der Waals surface area contributed by atoms with E-state index in [1.165, 1.54) is 11.6 Å². The lowest BCUT2D eigenvalue weighted by atomic mass is 9.84. The first kappa shape index (κ1) is 14.3. The number of rotatable bonds is 6. The van der Waals surface area contributed by atoms with Gasteiger partial charge in [0, 0.05) is 12.0 Å². The van der Waals surface area contributed by atoms with Crippen LogP contribution in [0, 0.1) is 5.92 Å². The number of allylic oxidation sites excluding steroid dienone is 5. The van der Waals surface area contributed by atoms with Crippen LogP contribution in [0.2, 0.25) is 0 Å². The average molecular weight is 268 g/mol. The number of carbonyl (C=O) groups is 1. The molecule has 0 radical (unpaired) electrons. The van der Waals surface area contributed by atoms with Gasteiger partial charge in [-0.1, -0.05) is 60.7 Å². The van der Waals surface area contributed by atoms with Crippen LogP contribution in [0.4, 0.5) is 0 Å². The Bertz CT molecular complexity index is 499. The fraction of sp³-hybridized carbons (Fsp3) is 0.278. The van der Waals surface area contributed by atoms with Crippen LogP contribution in [0.15, 0.2) is 66.8 Å². The molecule has 0 amide bonds. The highest BCUT2D eigenvalue weighted by atomic mass is 16.5. The van der Waals surface area contributed by atoms with E-state index in [1.54, 1.807) is 0 Å². The smallest absolute Gasteiger partial charge is 0.330 e. The zero-order valence-electron chi connectivity index (χ0n) is 11.7. The van der Waals surface area contributed by atoms with Crippen molar-refractivity contribution in [1.29, 1.82) is 0 Å². The topological polar surface area (TPSA) is 26.3 Å². The molecule has 1 atom stereocenters. The molecular formula is C18H20O2. The Labute approximate surface area is 120 Å². The maximum atomic E-state index is 11.3. The highest BCUT2D eigenvalue weighted by molar-refractivity contribution is 5.81. The van der Waals surface area contributed by atoms with Gasteiger partial charge >= 0.3 is 5.97 Å². The third-order valence-corrected chi connectivity index (χ3v) is 3.40. The monoisotopic (exact) mass is 268 g/mol. The van der Waals surface area contributed by atoms with Gasteiger partial charge in [0.2, 0.25) is 0 Å². The summed E-state index contributed by atoms with van der Waals surface area (Å²) in [7, 11) is 0. The molecule has 2 nitrogen and oxygen atoms in total. The van der Waals surface area contributed by atoms with E-state index >= 15 is 0 Å². The molecule has 0 saturated heterocycles. The zero-order valence-corrected chi connectivity index (χ0v) is 11.7. The van der Waals surface area contributed by atoms with Crippen molar-refractivity contribution in [2.75, 3.05) is 6.61 Å². The van der Waals surface area contributed by atoms with Crippen LogP contribution in [0.3, 0.4) is 0 Å². The van der Waals surface area contributed by atoms with Crippen LogP contribution in [-0.2, 0) is 9.53 Å². The van der Waals surface area contributed by atoms with Crippen molar-refractivity contribution < 1.29 is 9.53 Å². The second-order valence-electron chi connectivity index (χ2n) is 4.75. The van der Waals surface area contributed by atoms with Crippen LogP contribution in [0.25, 0.3) is 0 Å². The summed E-state index contributed by atoms with van der Waals surface area (Å²) in [6, 6.07) is 10.4. The van der Waals surface area contributed by atoms with Crippen molar-refractivity contribution in [2.24, 2.45) is 5.92 Å². The average Bonchev–Trinajstić information content (AvgIpc) is 2.99. The largest absolute Gasteiger partial charge is 0.463 e. The number of ether oxygens (including phenoxy) is 1. The van der Waals surface area contributed by atoms with Crippen molar-refractivity contribution >= 4 is 5.97 Å². The standard InChI is InChI=1S/C18H20O2/c1-2-20-18(19)14-8-13-17(16-11-6-7-12-16)15-9-4-3-5-10-15/h3-12,14,16-17H,2,13H2,1H3/b14-8+/t17-/m0/s1. The van der Waals surface area contributed by atoms with E-state index in [0.29, 0.717) is 18.4 Å². The number of carbonyl (C=O) groups excluding carboxylic acids is 1. The van der Waals surface area contributed by atoms with Crippen LogP contribution in [-0.4, -0.2) is 12.6 Å². The molecule has 2 rings (SSSR count). The van der Waals surface area contributed by atoms with Gasteiger partial charge in [0.1, 0.15) is 0 Å². The summed E-state index contributed by atoms with van der Waals surface area (Å²) in [5, 5.41) is 0. The molecule has 0 heterocycles. The van der Waals surface area contributed by atoms with E-state index in [1.807, 2.05) is 19.1 Å². The molecule has 0 aliphatic heterocycles. The number of hydrogen-bond acceptors (Lipinski definition) is 2. The summed E-state index contributed by atoms with van der Waals surface area (Å²) in [6.07, 6.45) is 12.8. The van der Waals surface area contributed by atoms with Gasteiger partial charge in [-0.15, -0.1) is 0 Å². The normalized spacial score (nSPS) is 15.8. The first-order valence-electron chi connectivity index (χ1n) is 7.04. The lowest BCUT2D eigenvalue weighted by Crippen LogP contribution is -2.07. The van der Waals surface area contributed by atoms with E-state index in [9.17, 15) is 4.79 Å². The molecule has 1 aromatic rings. The van der Waals surface area contributed by atoms with Gasteiger partial charge in [-0.2, -0.15) is 0 Å². The molecule has 1 aromatic carbocycles. The third kappa shape index (κ3) is 3.95. The summed E-state index contributed by atoms with van der Waals surface area (Å²) in [4.78, 5) is 11.3. The van der Waals surface area contributed by atoms with Crippen LogP contribution in [0.5, 0.6) is 0 Å². The summed E-state index contributed by atoms with van der Waals surface area (Å²) in [6.45, 7) is 2.23. The number of benzene rings is 1. The lowest BCUT2D eigenvalue weighted by molar-refractivity contribution is -0.137. The highest BCUT2D eigenvalue weighted by Crippen LogP contribution is 2.32. The molecule has 0 unspecified atom stereocenters. The van der Waals surface area contributed by atoms with Crippen molar-refractivity contribution in [3.8, 4) is 0 Å². The minimum atomic E-state index is -0.267. The molecule has 0 N–H and O–H groups in total. The Morgan fingerprint density at radius 1 is 1.25 bits per heavy atom. The van der Waals surface area contributed by atoms with Crippen molar-refractivity contribution in [2.45, 2.75) is 19.3 Å². The highest BCUT2D eigenvalue weighted by Gasteiger charge is 2.19. The van der Waals surface area contributed by atoms with Crippen molar-refractivity contribution in [1.82, 2.24) is 0 Å². The third-order valence-electron chi connectivity index (χ3n) is 3.40. The van der Waals surface area contributed by atoms with Crippen LogP contribution >= 0.6 is 0 Å². The van der Waals surface area contributed by atoms with E-state index in [-0.39, 0.29) is 5.97 Å². The Kier molecular flexibility index (Phi) is 5.36. The van der Waals surface area contributed by atoms with E-state index < -0.39 is 0 Å². The summed E-state index contributed by atoms with van der Waals surface area (Å²) < 4.78 is 4.90. The molecule has 0 aromatic heterocycles. The van der Waals surface area contributed by atoms with Gasteiger partial charge in [0.15, 0.2) is 0 Å². The fourth-order valence-electron chi connectivity index (χ4n) is 2.43. The van der Waals surface area contributed by atoms with Crippen LogP contribution in [0.1, 0.15) is 24.8 Å². The van der Waals surface area contributed by atoms with Gasteiger partial charge in [0.25, 0.3) is 0 Å². The van der Waals surface area contributed by atoms with Crippen molar-refractivity contribution in [3.05, 3.63) is 72.4 Å². The molecule has 0 saturated carbocycles. The summed E-state index contributed by atoms with van der Waals surface area (Å²) >= 11 is 0. The second kappa shape index (κ2) is 7.49. The zero-order chi connectivity index (χ0) is 14.2. The Hall–Kier alpha value is -2.09. The molecule has 0 spiro atoms. The molecule has 104 valence electrons. The number of esters is 1. The van der Waals surface area contributed by atoms with E-state index in [0.717, 1.165) is 6.42 Å². The lowest BCUT2D eigenvalue weighted by Gasteiger charge is -2.20.